The molecule has 0 aliphatic heterocycles. The molecule has 0 rings (SSSR count). The van der Waals surface area contributed by atoms with Crippen LogP contribution in [0.15, 0.2) is 0 Å². The Hall–Kier alpha value is -0.650. The lowest BCUT2D eigenvalue weighted by atomic mass is 9.96. The molecule has 0 aromatic rings. The molecule has 20 heavy (non-hydrogen) atoms. The molecule has 5 heteroatoms. The minimum Gasteiger partial charge on any atom is -0.468 e. The number of carbonyl (C=O) groups is 1. The van der Waals surface area contributed by atoms with E-state index in [4.69, 9.17) is 4.74 Å². The van der Waals surface area contributed by atoms with Crippen LogP contribution in [-0.4, -0.2) is 75.2 Å². The Morgan fingerprint density at radius 3 is 2.25 bits per heavy atom. The van der Waals surface area contributed by atoms with Gasteiger partial charge in [-0.15, -0.1) is 0 Å². The summed E-state index contributed by atoms with van der Waals surface area (Å²) in [4.78, 5) is 16.4. The van der Waals surface area contributed by atoms with E-state index in [1.807, 2.05) is 20.8 Å². The van der Waals surface area contributed by atoms with Gasteiger partial charge in [0, 0.05) is 12.6 Å². The highest BCUT2D eigenvalue weighted by Gasteiger charge is 2.34. The first-order valence-electron chi connectivity index (χ1n) is 7.40. The Morgan fingerprint density at radius 2 is 1.80 bits per heavy atom. The van der Waals surface area contributed by atoms with E-state index >= 15 is 0 Å². The summed E-state index contributed by atoms with van der Waals surface area (Å²) in [7, 11) is 7.72. The van der Waals surface area contributed by atoms with Crippen molar-refractivity contribution >= 4 is 5.97 Å². The van der Waals surface area contributed by atoms with Crippen LogP contribution in [0.5, 0.6) is 0 Å². The smallest absolute Gasteiger partial charge is 0.325 e. The van der Waals surface area contributed by atoms with Gasteiger partial charge in [0.1, 0.15) is 5.54 Å². The zero-order chi connectivity index (χ0) is 15.8. The van der Waals surface area contributed by atoms with Crippen LogP contribution in [0.25, 0.3) is 0 Å². The normalized spacial score (nSPS) is 14.9. The van der Waals surface area contributed by atoms with Gasteiger partial charge in [0.2, 0.25) is 0 Å². The van der Waals surface area contributed by atoms with Crippen LogP contribution in [0.3, 0.4) is 0 Å². The Labute approximate surface area is 124 Å². The third kappa shape index (κ3) is 7.82. The molecule has 1 N–H and O–H groups in total. The summed E-state index contributed by atoms with van der Waals surface area (Å²) in [5.41, 5.74) is -0.612. The molecule has 0 aromatic carbocycles. The van der Waals surface area contributed by atoms with Crippen LogP contribution >= 0.6 is 0 Å². The van der Waals surface area contributed by atoms with Crippen molar-refractivity contribution in [2.24, 2.45) is 0 Å². The van der Waals surface area contributed by atoms with Crippen molar-refractivity contribution in [3.63, 3.8) is 0 Å². The number of hydrogen-bond donors (Lipinski definition) is 1. The fourth-order valence-corrected chi connectivity index (χ4v) is 2.28. The van der Waals surface area contributed by atoms with E-state index in [9.17, 15) is 4.79 Å². The van der Waals surface area contributed by atoms with E-state index in [0.29, 0.717) is 0 Å². The van der Waals surface area contributed by atoms with Gasteiger partial charge in [0.25, 0.3) is 0 Å². The number of methoxy groups -OCH3 is 1. The van der Waals surface area contributed by atoms with Gasteiger partial charge in [0.05, 0.1) is 7.11 Å². The minimum atomic E-state index is -0.612. The fourth-order valence-electron chi connectivity index (χ4n) is 2.28. The molecule has 0 fully saturated rings. The predicted octanol–water partition coefficient (Wildman–Crippen LogP) is 1.19. The first kappa shape index (κ1) is 19.4. The quantitative estimate of drug-likeness (QED) is 0.612. The predicted molar refractivity (Wildman–Crippen MR) is 84.0 cm³/mol. The van der Waals surface area contributed by atoms with Crippen LogP contribution in [0.2, 0.25) is 0 Å². The lowest BCUT2D eigenvalue weighted by Gasteiger charge is -2.32. The molecule has 0 saturated heterocycles. The van der Waals surface area contributed by atoms with Crippen LogP contribution in [-0.2, 0) is 9.53 Å². The van der Waals surface area contributed by atoms with Gasteiger partial charge in [-0.3, -0.25) is 10.1 Å². The SMILES string of the molecule is COC(=O)C(C)(CCN(C)CCCN(C)C)NC(C)C. The number of ether oxygens (including phenoxy) is 1. The molecule has 0 heterocycles. The average Bonchev–Trinajstić information content (AvgIpc) is 2.34. The van der Waals surface area contributed by atoms with E-state index in [-0.39, 0.29) is 12.0 Å². The molecule has 0 bridgehead atoms. The monoisotopic (exact) mass is 287 g/mol. The summed E-state index contributed by atoms with van der Waals surface area (Å²) < 4.78 is 4.93. The summed E-state index contributed by atoms with van der Waals surface area (Å²) in [6.07, 6.45) is 1.88. The summed E-state index contributed by atoms with van der Waals surface area (Å²) in [5.74, 6) is -0.187. The molecule has 120 valence electrons. The highest BCUT2D eigenvalue weighted by atomic mass is 16.5. The Kier molecular flexibility index (Phi) is 9.01. The van der Waals surface area contributed by atoms with Crippen LogP contribution < -0.4 is 5.32 Å². The molecule has 0 amide bonds. The number of nitrogens with one attached hydrogen (secondary N) is 1. The van der Waals surface area contributed by atoms with Crippen molar-refractivity contribution in [3.8, 4) is 0 Å². The van der Waals surface area contributed by atoms with Crippen LogP contribution in [0, 0.1) is 0 Å². The van der Waals surface area contributed by atoms with Gasteiger partial charge in [-0.25, -0.2) is 0 Å². The maximum absolute atomic E-state index is 12.0. The first-order valence-corrected chi connectivity index (χ1v) is 7.40. The lowest BCUT2D eigenvalue weighted by Crippen LogP contribution is -2.54. The van der Waals surface area contributed by atoms with Crippen molar-refractivity contribution in [1.29, 1.82) is 0 Å². The van der Waals surface area contributed by atoms with E-state index in [2.05, 4.69) is 36.3 Å². The second kappa shape index (κ2) is 9.32. The summed E-state index contributed by atoms with van der Waals surface area (Å²) in [5, 5.41) is 3.33. The molecule has 1 atom stereocenters. The van der Waals surface area contributed by atoms with Crippen molar-refractivity contribution in [2.75, 3.05) is 47.9 Å². The third-order valence-corrected chi connectivity index (χ3v) is 3.38. The molecule has 1 unspecified atom stereocenters. The minimum absolute atomic E-state index is 0.187. The number of nitrogens with zero attached hydrogens (tertiary/aromatic N) is 2. The van der Waals surface area contributed by atoms with E-state index in [1.54, 1.807) is 0 Å². The van der Waals surface area contributed by atoms with Gasteiger partial charge in [-0.05, 0) is 67.8 Å². The van der Waals surface area contributed by atoms with Crippen molar-refractivity contribution in [3.05, 3.63) is 0 Å². The fraction of sp³-hybridized carbons (Fsp3) is 0.933. The highest BCUT2D eigenvalue weighted by Crippen LogP contribution is 2.14. The average molecular weight is 287 g/mol. The molecule has 0 saturated carbocycles. The standard InChI is InChI=1S/C15H33N3O2/c1-13(2)16-15(3,14(19)20-7)9-12-18(6)11-8-10-17(4)5/h13,16H,8-12H2,1-7H3. The Bertz CT molecular complexity index is 282. The molecule has 0 spiro atoms. The second-order valence-corrected chi connectivity index (χ2v) is 6.33. The third-order valence-electron chi connectivity index (χ3n) is 3.38. The molecule has 0 aromatic heterocycles. The molecular formula is C15H33N3O2. The van der Waals surface area contributed by atoms with Gasteiger partial charge in [-0.2, -0.15) is 0 Å². The topological polar surface area (TPSA) is 44.8 Å². The summed E-state index contributed by atoms with van der Waals surface area (Å²) >= 11 is 0. The van der Waals surface area contributed by atoms with Gasteiger partial charge in [0.15, 0.2) is 0 Å². The van der Waals surface area contributed by atoms with E-state index in [0.717, 1.165) is 32.5 Å². The number of carbonyl (C=O) groups excluding carboxylic acids is 1. The Balaban J connectivity index is 4.28. The molecule has 0 aliphatic carbocycles. The lowest BCUT2D eigenvalue weighted by molar-refractivity contribution is -0.148. The van der Waals surface area contributed by atoms with Crippen molar-refractivity contribution < 1.29 is 9.53 Å². The molecular weight excluding hydrogens is 254 g/mol. The zero-order valence-corrected chi connectivity index (χ0v) is 14.3. The van der Waals surface area contributed by atoms with Crippen LogP contribution in [0.1, 0.15) is 33.6 Å². The van der Waals surface area contributed by atoms with Crippen molar-refractivity contribution in [1.82, 2.24) is 15.1 Å². The van der Waals surface area contributed by atoms with Crippen LogP contribution in [0.4, 0.5) is 0 Å². The van der Waals surface area contributed by atoms with Gasteiger partial charge in [-0.1, -0.05) is 0 Å². The van der Waals surface area contributed by atoms with Gasteiger partial charge >= 0.3 is 5.97 Å². The number of esters is 1. The largest absolute Gasteiger partial charge is 0.468 e. The Morgan fingerprint density at radius 1 is 1.20 bits per heavy atom. The number of rotatable bonds is 10. The second-order valence-electron chi connectivity index (χ2n) is 6.33. The maximum atomic E-state index is 12.0. The molecule has 5 nitrogen and oxygen atoms in total. The van der Waals surface area contributed by atoms with Crippen molar-refractivity contribution in [2.45, 2.75) is 45.2 Å². The van der Waals surface area contributed by atoms with Gasteiger partial charge < -0.3 is 14.5 Å². The first-order chi connectivity index (χ1) is 9.21. The zero-order valence-electron chi connectivity index (χ0n) is 14.3. The highest BCUT2D eigenvalue weighted by molar-refractivity contribution is 5.80. The molecule has 0 aliphatic rings. The summed E-state index contributed by atoms with van der Waals surface area (Å²) in [6, 6.07) is 0.248. The number of hydrogen-bond acceptors (Lipinski definition) is 5. The van der Waals surface area contributed by atoms with E-state index < -0.39 is 5.54 Å². The van der Waals surface area contributed by atoms with E-state index in [1.165, 1.54) is 7.11 Å². The maximum Gasteiger partial charge on any atom is 0.325 e. The summed E-state index contributed by atoms with van der Waals surface area (Å²) in [6.45, 7) is 9.01. The molecule has 0 radical (unpaired) electrons.